The topological polar surface area (TPSA) is 176 Å². The second-order valence-electron chi connectivity index (χ2n) is 6.33. The minimum Gasteiger partial charge on any atom is -0.480 e. The molecule has 0 saturated carbocycles. The van der Waals surface area contributed by atoms with Gasteiger partial charge in [-0.05, 0) is 12.8 Å². The van der Waals surface area contributed by atoms with Crippen molar-refractivity contribution in [1.29, 1.82) is 0 Å². The minimum atomic E-state index is -1.31. The van der Waals surface area contributed by atoms with Crippen molar-refractivity contribution in [2.45, 2.75) is 43.6 Å². The summed E-state index contributed by atoms with van der Waals surface area (Å²) in [6, 6.07) is -1.92. The molecule has 11 nitrogen and oxygen atoms in total. The molecule has 0 aliphatic carbocycles. The summed E-state index contributed by atoms with van der Waals surface area (Å²) in [6.45, 7) is 0.977. The Morgan fingerprint density at radius 2 is 2.00 bits per heavy atom. The number of carbonyl (C=O) groups is 5. The van der Waals surface area contributed by atoms with Crippen LogP contribution in [0.15, 0.2) is 11.3 Å². The number of β-lactam (4-membered cyclic amide) rings is 1. The Morgan fingerprint density at radius 3 is 2.55 bits per heavy atom. The van der Waals surface area contributed by atoms with Crippen LogP contribution in [0.1, 0.15) is 26.2 Å². The van der Waals surface area contributed by atoms with Gasteiger partial charge in [-0.2, -0.15) is 0 Å². The number of fused-ring (bicyclic) bond motifs is 1. The third-order valence-electron chi connectivity index (χ3n) is 4.25. The summed E-state index contributed by atoms with van der Waals surface area (Å²) in [4.78, 5) is 58.7. The van der Waals surface area contributed by atoms with E-state index in [0.29, 0.717) is 5.57 Å². The van der Waals surface area contributed by atoms with E-state index in [1.165, 1.54) is 18.7 Å². The first-order valence-corrected chi connectivity index (χ1v) is 9.49. The van der Waals surface area contributed by atoms with Crippen molar-refractivity contribution >= 4 is 41.5 Å². The molecule has 3 atom stereocenters. The van der Waals surface area contributed by atoms with Gasteiger partial charge in [0.2, 0.25) is 5.91 Å². The summed E-state index contributed by atoms with van der Waals surface area (Å²) in [5.74, 6) is -3.79. The van der Waals surface area contributed by atoms with E-state index in [2.05, 4.69) is 5.32 Å². The zero-order chi connectivity index (χ0) is 21.0. The van der Waals surface area contributed by atoms with Gasteiger partial charge in [0.25, 0.3) is 5.91 Å². The summed E-state index contributed by atoms with van der Waals surface area (Å²) in [6.07, 6.45) is 0.368. The smallest absolute Gasteiger partial charge is 0.352 e. The third-order valence-corrected chi connectivity index (χ3v) is 5.59. The molecule has 0 aromatic carbocycles. The monoisotopic (exact) mass is 479 g/mol. The van der Waals surface area contributed by atoms with Crippen LogP contribution < -0.4 is 11.1 Å². The Kier molecular flexibility index (Phi) is 9.25. The van der Waals surface area contributed by atoms with Crippen LogP contribution in [0.5, 0.6) is 0 Å². The molecule has 0 spiro atoms. The van der Waals surface area contributed by atoms with Gasteiger partial charge in [0.05, 0.1) is 0 Å². The standard InChI is InChI=1S/C16H21N3O8S.Zn/c1-7(20)27-5-8-6-28-14-11(13(22)19(14)12(8)16(25)26)18-10(21)4-2-3-9(17)15(23)24;/h9,11,14H,2-6,17H2,1H3,(H,18,21)(H,23,24)(H,25,26);/t9-,11-,14-;/m1./s1. The Bertz CT molecular complexity index is 744. The van der Waals surface area contributed by atoms with E-state index in [1.54, 1.807) is 0 Å². The summed E-state index contributed by atoms with van der Waals surface area (Å²) in [5, 5.41) is 20.1. The van der Waals surface area contributed by atoms with Crippen molar-refractivity contribution in [2.24, 2.45) is 5.73 Å². The van der Waals surface area contributed by atoms with Crippen LogP contribution in [0.3, 0.4) is 0 Å². The number of ether oxygens (including phenoxy) is 1. The van der Waals surface area contributed by atoms with Gasteiger partial charge in [-0.15, -0.1) is 11.8 Å². The number of nitrogens with one attached hydrogen (secondary N) is 1. The van der Waals surface area contributed by atoms with Crippen molar-refractivity contribution in [3.63, 3.8) is 0 Å². The Balaban J connectivity index is 0.00000420. The average molecular weight is 481 g/mol. The van der Waals surface area contributed by atoms with Crippen LogP contribution in [-0.2, 0) is 48.2 Å². The zero-order valence-corrected chi connectivity index (χ0v) is 19.5. The van der Waals surface area contributed by atoms with Gasteiger partial charge in [0.1, 0.15) is 29.8 Å². The molecule has 156 valence electrons. The molecule has 2 aliphatic rings. The fraction of sp³-hybridized carbons (Fsp3) is 0.562. The van der Waals surface area contributed by atoms with Crippen LogP contribution in [0.4, 0.5) is 0 Å². The van der Waals surface area contributed by atoms with Gasteiger partial charge < -0.3 is 26.0 Å². The molecule has 0 bridgehead atoms. The average Bonchev–Trinajstić information content (AvgIpc) is 2.62. The summed E-state index contributed by atoms with van der Waals surface area (Å²) >= 11 is 1.26. The first kappa shape index (κ1) is 25.1. The number of carboxylic acids is 2. The second-order valence-corrected chi connectivity index (χ2v) is 7.43. The maximum absolute atomic E-state index is 12.4. The molecule has 5 N–H and O–H groups in total. The van der Waals surface area contributed by atoms with Crippen molar-refractivity contribution < 1.29 is 58.4 Å². The normalized spacial score (nSPS) is 21.3. The number of rotatable bonds is 9. The number of carbonyl (C=O) groups excluding carboxylic acids is 3. The molecule has 0 unspecified atom stereocenters. The fourth-order valence-corrected chi connectivity index (χ4v) is 4.16. The molecular weight excluding hydrogens is 460 g/mol. The van der Waals surface area contributed by atoms with E-state index in [1.807, 2.05) is 0 Å². The molecule has 0 radical (unpaired) electrons. The van der Waals surface area contributed by atoms with E-state index >= 15 is 0 Å². The maximum Gasteiger partial charge on any atom is 0.352 e. The van der Waals surface area contributed by atoms with E-state index in [-0.39, 0.29) is 56.8 Å². The van der Waals surface area contributed by atoms with E-state index in [0.717, 1.165) is 4.90 Å². The number of aliphatic carboxylic acids is 2. The van der Waals surface area contributed by atoms with Gasteiger partial charge in [0, 0.05) is 44.1 Å². The number of nitrogens with zero attached hydrogens (tertiary/aromatic N) is 1. The number of hydrogen-bond donors (Lipinski definition) is 4. The zero-order valence-electron chi connectivity index (χ0n) is 15.8. The van der Waals surface area contributed by atoms with Gasteiger partial charge in [-0.3, -0.25) is 24.1 Å². The first-order chi connectivity index (χ1) is 13.1. The number of esters is 1. The molecule has 1 saturated heterocycles. The van der Waals surface area contributed by atoms with E-state index < -0.39 is 47.2 Å². The molecule has 13 heteroatoms. The van der Waals surface area contributed by atoms with Crippen LogP contribution in [-0.4, -0.2) is 74.7 Å². The minimum absolute atomic E-state index is 0. The molecule has 1 fully saturated rings. The van der Waals surface area contributed by atoms with Gasteiger partial charge >= 0.3 is 17.9 Å². The molecule has 2 amide bonds. The number of hydrogen-bond acceptors (Lipinski definition) is 8. The number of thioether (sulfide) groups is 1. The second kappa shape index (κ2) is 10.7. The molecule has 2 aliphatic heterocycles. The first-order valence-electron chi connectivity index (χ1n) is 8.44. The van der Waals surface area contributed by atoms with Crippen LogP contribution >= 0.6 is 11.8 Å². The Hall–Kier alpha value is -1.98. The van der Waals surface area contributed by atoms with Crippen molar-refractivity contribution in [2.75, 3.05) is 12.4 Å². The van der Waals surface area contributed by atoms with Crippen molar-refractivity contribution in [3.8, 4) is 0 Å². The van der Waals surface area contributed by atoms with Gasteiger partial charge in [0.15, 0.2) is 0 Å². The summed E-state index contributed by atoms with van der Waals surface area (Å²) in [7, 11) is 0. The van der Waals surface area contributed by atoms with E-state index in [9.17, 15) is 29.1 Å². The van der Waals surface area contributed by atoms with E-state index in [4.69, 9.17) is 15.6 Å². The number of nitrogens with two attached hydrogens (primary N) is 1. The fourth-order valence-electron chi connectivity index (χ4n) is 2.83. The Labute approximate surface area is 183 Å². The quantitative estimate of drug-likeness (QED) is 0.179. The molecule has 29 heavy (non-hydrogen) atoms. The van der Waals surface area contributed by atoms with Crippen LogP contribution in [0.25, 0.3) is 0 Å². The molecule has 2 heterocycles. The molecule has 2 rings (SSSR count). The van der Waals surface area contributed by atoms with Gasteiger partial charge in [-0.25, -0.2) is 4.79 Å². The predicted molar refractivity (Wildman–Crippen MR) is 95.8 cm³/mol. The molecular formula is C16H21N3O8SZn. The third kappa shape index (κ3) is 6.00. The van der Waals surface area contributed by atoms with Crippen molar-refractivity contribution in [1.82, 2.24) is 10.2 Å². The maximum atomic E-state index is 12.4. The van der Waals surface area contributed by atoms with Crippen LogP contribution in [0, 0.1) is 0 Å². The SMILES string of the molecule is CC(=O)OCC1=C(C(=O)O)N2C(=O)[C@@H](NC(=O)CCC[C@@H](N)C(=O)O)[C@H]2SC1.[Zn]. The summed E-state index contributed by atoms with van der Waals surface area (Å²) in [5.41, 5.74) is 5.44. The predicted octanol–water partition coefficient (Wildman–Crippen LogP) is -1.13. The van der Waals surface area contributed by atoms with Gasteiger partial charge in [-0.1, -0.05) is 0 Å². The van der Waals surface area contributed by atoms with Crippen molar-refractivity contribution in [3.05, 3.63) is 11.3 Å². The summed E-state index contributed by atoms with van der Waals surface area (Å²) < 4.78 is 4.84. The number of carboxylic acid groups (broad SMARTS) is 2. The largest absolute Gasteiger partial charge is 0.480 e. The Morgan fingerprint density at radius 1 is 1.34 bits per heavy atom. The number of amides is 2. The molecule has 0 aromatic rings. The van der Waals surface area contributed by atoms with Crippen LogP contribution in [0.2, 0.25) is 0 Å². The molecule has 0 aromatic heterocycles.